The van der Waals surface area contributed by atoms with Crippen molar-refractivity contribution >= 4 is 34.5 Å². The quantitative estimate of drug-likeness (QED) is 0.338. The molecule has 172 valence electrons. The molecule has 0 aliphatic carbocycles. The Kier molecular flexibility index (Phi) is 7.29. The summed E-state index contributed by atoms with van der Waals surface area (Å²) >= 11 is 1.47. The topological polar surface area (TPSA) is 80.3 Å². The van der Waals surface area contributed by atoms with Gasteiger partial charge in [-0.2, -0.15) is 0 Å². The number of nitrogens with one attached hydrogen (secondary N) is 2. The number of aromatic nitrogens is 1. The molecule has 1 heterocycles. The summed E-state index contributed by atoms with van der Waals surface area (Å²) < 4.78 is 18.8. The summed E-state index contributed by atoms with van der Waals surface area (Å²) in [5.74, 6) is -0.284. The van der Waals surface area contributed by atoms with E-state index in [0.29, 0.717) is 29.2 Å². The second-order valence-electron chi connectivity index (χ2n) is 7.37. The summed E-state index contributed by atoms with van der Waals surface area (Å²) in [7, 11) is 0. The van der Waals surface area contributed by atoms with E-state index in [9.17, 15) is 14.0 Å². The molecule has 0 radical (unpaired) electrons. The molecule has 0 unspecified atom stereocenters. The molecule has 0 aliphatic heterocycles. The first-order valence-electron chi connectivity index (χ1n) is 10.6. The normalized spacial score (nSPS) is 10.5. The molecule has 4 rings (SSSR count). The summed E-state index contributed by atoms with van der Waals surface area (Å²) in [4.78, 5) is 29.6. The molecule has 0 aliphatic rings. The highest BCUT2D eigenvalue weighted by Crippen LogP contribution is 2.26. The van der Waals surface area contributed by atoms with Crippen LogP contribution in [0.4, 0.5) is 15.8 Å². The molecule has 0 fully saturated rings. The predicted molar refractivity (Wildman–Crippen MR) is 132 cm³/mol. The third-order valence-corrected chi connectivity index (χ3v) is 5.74. The third kappa shape index (κ3) is 6.05. The number of anilines is 2. The van der Waals surface area contributed by atoms with Gasteiger partial charge >= 0.3 is 0 Å². The van der Waals surface area contributed by atoms with Gasteiger partial charge < -0.3 is 15.4 Å². The van der Waals surface area contributed by atoms with Crippen LogP contribution in [0.1, 0.15) is 23.0 Å². The monoisotopic (exact) mass is 475 g/mol. The van der Waals surface area contributed by atoms with E-state index in [1.165, 1.54) is 29.5 Å². The van der Waals surface area contributed by atoms with Gasteiger partial charge in [-0.3, -0.25) is 9.59 Å². The largest absolute Gasteiger partial charge is 0.494 e. The summed E-state index contributed by atoms with van der Waals surface area (Å²) in [6, 6.07) is 19.9. The van der Waals surface area contributed by atoms with E-state index in [1.54, 1.807) is 30.3 Å². The lowest BCUT2D eigenvalue weighted by Gasteiger charge is -2.08. The highest BCUT2D eigenvalue weighted by atomic mass is 32.1. The first-order chi connectivity index (χ1) is 16.5. The standard InChI is InChI=1S/C26H22FN3O3S/c1-2-33-23-11-9-17(10-12-23)26-30-22(16-34-26)15-24(31)28-20-7-3-5-18(13-20)25(32)29-21-8-4-6-19(27)14-21/h3-14,16H,2,15H2,1H3,(H,28,31)(H,29,32). The number of nitrogens with zero attached hydrogens (tertiary/aromatic N) is 1. The Hall–Kier alpha value is -4.04. The van der Waals surface area contributed by atoms with Gasteiger partial charge in [-0.25, -0.2) is 9.37 Å². The molecule has 34 heavy (non-hydrogen) atoms. The Labute approximate surface area is 200 Å². The van der Waals surface area contributed by atoms with Gasteiger partial charge in [0.2, 0.25) is 5.91 Å². The Morgan fingerprint density at radius 1 is 0.971 bits per heavy atom. The van der Waals surface area contributed by atoms with E-state index in [-0.39, 0.29) is 12.3 Å². The molecule has 0 saturated carbocycles. The molecule has 0 saturated heterocycles. The van der Waals surface area contributed by atoms with Crippen molar-refractivity contribution in [2.75, 3.05) is 17.2 Å². The van der Waals surface area contributed by atoms with Crippen LogP contribution in [0.25, 0.3) is 10.6 Å². The maximum absolute atomic E-state index is 13.3. The second-order valence-corrected chi connectivity index (χ2v) is 8.23. The van der Waals surface area contributed by atoms with Gasteiger partial charge in [-0.15, -0.1) is 11.3 Å². The zero-order chi connectivity index (χ0) is 23.9. The van der Waals surface area contributed by atoms with Crippen molar-refractivity contribution in [2.45, 2.75) is 13.3 Å². The smallest absolute Gasteiger partial charge is 0.255 e. The minimum atomic E-state index is -0.438. The molecule has 0 atom stereocenters. The van der Waals surface area contributed by atoms with Crippen LogP contribution in [-0.2, 0) is 11.2 Å². The summed E-state index contributed by atoms with van der Waals surface area (Å²) in [5.41, 5.74) is 2.79. The average Bonchev–Trinajstić information content (AvgIpc) is 3.28. The Bertz CT molecular complexity index is 1300. The molecule has 2 amide bonds. The highest BCUT2D eigenvalue weighted by molar-refractivity contribution is 7.13. The van der Waals surface area contributed by atoms with E-state index in [4.69, 9.17) is 4.74 Å². The van der Waals surface area contributed by atoms with E-state index < -0.39 is 11.7 Å². The molecular weight excluding hydrogens is 453 g/mol. The van der Waals surface area contributed by atoms with Crippen molar-refractivity contribution in [1.82, 2.24) is 4.98 Å². The molecule has 4 aromatic rings. The average molecular weight is 476 g/mol. The van der Waals surface area contributed by atoms with Crippen LogP contribution >= 0.6 is 11.3 Å². The lowest BCUT2D eigenvalue weighted by Crippen LogP contribution is -2.16. The number of hydrogen-bond donors (Lipinski definition) is 2. The van der Waals surface area contributed by atoms with Crippen LogP contribution in [0.3, 0.4) is 0 Å². The molecular formula is C26H22FN3O3S. The Morgan fingerprint density at radius 2 is 1.71 bits per heavy atom. The number of rotatable bonds is 8. The fourth-order valence-corrected chi connectivity index (χ4v) is 4.08. The molecule has 0 spiro atoms. The predicted octanol–water partition coefficient (Wildman–Crippen LogP) is 5.78. The number of hydrogen-bond acceptors (Lipinski definition) is 5. The first-order valence-corrected chi connectivity index (χ1v) is 11.5. The summed E-state index contributed by atoms with van der Waals surface area (Å²) in [5, 5.41) is 8.11. The minimum Gasteiger partial charge on any atom is -0.494 e. The van der Waals surface area contributed by atoms with Crippen LogP contribution < -0.4 is 15.4 Å². The number of ether oxygens (including phenoxy) is 1. The van der Waals surface area contributed by atoms with Crippen LogP contribution in [0, 0.1) is 5.82 Å². The number of carbonyl (C=O) groups is 2. The van der Waals surface area contributed by atoms with Crippen molar-refractivity contribution < 1.29 is 18.7 Å². The van der Waals surface area contributed by atoms with Crippen molar-refractivity contribution in [3.63, 3.8) is 0 Å². The highest BCUT2D eigenvalue weighted by Gasteiger charge is 2.12. The van der Waals surface area contributed by atoms with Crippen LogP contribution in [0.5, 0.6) is 5.75 Å². The van der Waals surface area contributed by atoms with Crippen molar-refractivity contribution in [3.05, 3.63) is 95.3 Å². The van der Waals surface area contributed by atoms with Gasteiger partial charge in [-0.05, 0) is 67.6 Å². The van der Waals surface area contributed by atoms with E-state index in [0.717, 1.165) is 16.3 Å². The van der Waals surface area contributed by atoms with Gasteiger partial charge in [0, 0.05) is 27.9 Å². The van der Waals surface area contributed by atoms with Crippen molar-refractivity contribution in [1.29, 1.82) is 0 Å². The summed E-state index contributed by atoms with van der Waals surface area (Å²) in [6.45, 7) is 2.54. The van der Waals surface area contributed by atoms with E-state index in [1.807, 2.05) is 36.6 Å². The first kappa shape index (κ1) is 23.1. The summed E-state index contributed by atoms with van der Waals surface area (Å²) in [6.07, 6.45) is 0.104. The maximum atomic E-state index is 13.3. The van der Waals surface area contributed by atoms with Gasteiger partial charge in [0.25, 0.3) is 5.91 Å². The zero-order valence-electron chi connectivity index (χ0n) is 18.4. The molecule has 3 aromatic carbocycles. The molecule has 1 aromatic heterocycles. The third-order valence-electron chi connectivity index (χ3n) is 4.80. The van der Waals surface area contributed by atoms with Gasteiger partial charge in [0.15, 0.2) is 0 Å². The lowest BCUT2D eigenvalue weighted by atomic mass is 10.1. The maximum Gasteiger partial charge on any atom is 0.255 e. The molecule has 2 N–H and O–H groups in total. The van der Waals surface area contributed by atoms with E-state index in [2.05, 4.69) is 15.6 Å². The number of halogens is 1. The van der Waals surface area contributed by atoms with E-state index >= 15 is 0 Å². The number of carbonyl (C=O) groups excluding carboxylic acids is 2. The van der Waals surface area contributed by atoms with Gasteiger partial charge in [0.1, 0.15) is 16.6 Å². The van der Waals surface area contributed by atoms with Crippen molar-refractivity contribution in [3.8, 4) is 16.3 Å². The number of benzene rings is 3. The lowest BCUT2D eigenvalue weighted by molar-refractivity contribution is -0.115. The van der Waals surface area contributed by atoms with Crippen LogP contribution in [-0.4, -0.2) is 23.4 Å². The number of thiazole rings is 1. The molecule has 0 bridgehead atoms. The van der Waals surface area contributed by atoms with Gasteiger partial charge in [0.05, 0.1) is 18.7 Å². The number of amides is 2. The zero-order valence-corrected chi connectivity index (χ0v) is 19.2. The fourth-order valence-electron chi connectivity index (χ4n) is 3.26. The Morgan fingerprint density at radius 3 is 2.44 bits per heavy atom. The van der Waals surface area contributed by atoms with Crippen LogP contribution in [0.15, 0.2) is 78.2 Å². The Balaban J connectivity index is 1.36. The minimum absolute atomic E-state index is 0.104. The van der Waals surface area contributed by atoms with Crippen LogP contribution in [0.2, 0.25) is 0 Å². The molecule has 6 nitrogen and oxygen atoms in total. The second kappa shape index (κ2) is 10.7. The van der Waals surface area contributed by atoms with Gasteiger partial charge in [-0.1, -0.05) is 12.1 Å². The van der Waals surface area contributed by atoms with Crippen molar-refractivity contribution in [2.24, 2.45) is 0 Å². The fraction of sp³-hybridized carbons (Fsp3) is 0.115. The SMILES string of the molecule is CCOc1ccc(-c2nc(CC(=O)Nc3cccc(C(=O)Nc4cccc(F)c4)c3)cs2)cc1. The molecule has 8 heteroatoms.